The summed E-state index contributed by atoms with van der Waals surface area (Å²) in [7, 11) is 3.80. The fourth-order valence-electron chi connectivity index (χ4n) is 3.34. The van der Waals surface area contributed by atoms with Gasteiger partial charge in [0.15, 0.2) is 5.43 Å². The van der Waals surface area contributed by atoms with Crippen LogP contribution in [0.1, 0.15) is 18.5 Å². The highest BCUT2D eigenvalue weighted by Crippen LogP contribution is 2.39. The Morgan fingerprint density at radius 1 is 1.25 bits per heavy atom. The van der Waals surface area contributed by atoms with E-state index in [0.29, 0.717) is 29.0 Å². The fraction of sp³-hybridized carbons (Fsp3) is 0.353. The highest BCUT2D eigenvalue weighted by Gasteiger charge is 2.35. The third-order valence-corrected chi connectivity index (χ3v) is 4.10. The molecule has 1 unspecified atom stereocenters. The topological polar surface area (TPSA) is 41.0 Å². The zero-order chi connectivity index (χ0) is 17.6. The van der Waals surface area contributed by atoms with E-state index in [1.807, 2.05) is 25.9 Å². The maximum atomic E-state index is 13.5. The Labute approximate surface area is 136 Å². The molecule has 1 aromatic carbocycles. The van der Waals surface area contributed by atoms with Crippen molar-refractivity contribution in [2.24, 2.45) is 0 Å². The first-order valence-electron chi connectivity index (χ1n) is 7.57. The molecule has 0 saturated heterocycles. The monoisotopic (exact) mass is 337 g/mol. The molecular weight excluding hydrogens is 319 g/mol. The lowest BCUT2D eigenvalue weighted by Crippen LogP contribution is -2.22. The van der Waals surface area contributed by atoms with Crippen molar-refractivity contribution < 1.29 is 13.2 Å². The van der Waals surface area contributed by atoms with Crippen LogP contribution in [0.5, 0.6) is 0 Å². The molecule has 0 aliphatic carbocycles. The summed E-state index contributed by atoms with van der Waals surface area (Å²) in [6.07, 6.45) is -1.32. The normalized spacial score (nSPS) is 14.0. The maximum absolute atomic E-state index is 13.5. The van der Waals surface area contributed by atoms with Crippen molar-refractivity contribution in [3.8, 4) is 0 Å². The number of likely N-dealkylation sites (N-methyl/N-ethyl adjacent to an activating group) is 1. The molecule has 0 aliphatic rings. The second-order valence-electron chi connectivity index (χ2n) is 6.29. The van der Waals surface area contributed by atoms with E-state index in [0.717, 1.165) is 0 Å². The molecule has 0 spiro atoms. The average Bonchev–Trinajstić information content (AvgIpc) is 2.78. The molecule has 1 atom stereocenters. The van der Waals surface area contributed by atoms with Crippen LogP contribution in [0.2, 0.25) is 0 Å². The number of aromatic amines is 1. The predicted octanol–water partition coefficient (Wildman–Crippen LogP) is 3.62. The van der Waals surface area contributed by atoms with E-state index in [4.69, 9.17) is 0 Å². The van der Waals surface area contributed by atoms with Crippen LogP contribution in [0.3, 0.4) is 0 Å². The minimum Gasteiger partial charge on any atom is -0.366 e. The molecule has 3 aromatic rings. The number of rotatable bonds is 3. The highest BCUT2D eigenvalue weighted by atomic mass is 19.4. The lowest BCUT2D eigenvalue weighted by molar-refractivity contribution is -0.136. The van der Waals surface area contributed by atoms with Crippen molar-refractivity contribution in [2.75, 3.05) is 20.6 Å². The van der Waals surface area contributed by atoms with Gasteiger partial charge in [-0.15, -0.1) is 0 Å². The zero-order valence-corrected chi connectivity index (χ0v) is 13.6. The molecule has 0 saturated carbocycles. The van der Waals surface area contributed by atoms with E-state index in [1.54, 1.807) is 23.0 Å². The van der Waals surface area contributed by atoms with E-state index in [-0.39, 0.29) is 11.4 Å². The highest BCUT2D eigenvalue weighted by molar-refractivity contribution is 6.09. The second kappa shape index (κ2) is 5.66. The summed E-state index contributed by atoms with van der Waals surface area (Å²) >= 11 is 0. The van der Waals surface area contributed by atoms with Crippen LogP contribution in [0.15, 0.2) is 35.4 Å². The van der Waals surface area contributed by atoms with Crippen molar-refractivity contribution in [3.05, 3.63) is 46.4 Å². The largest absolute Gasteiger partial charge is 0.417 e. The molecule has 2 heterocycles. The van der Waals surface area contributed by atoms with Crippen LogP contribution in [0.4, 0.5) is 13.2 Å². The van der Waals surface area contributed by atoms with Crippen molar-refractivity contribution >= 4 is 21.8 Å². The van der Waals surface area contributed by atoms with Crippen LogP contribution in [-0.2, 0) is 6.18 Å². The number of benzene rings is 1. The van der Waals surface area contributed by atoms with Gasteiger partial charge in [-0.3, -0.25) is 4.79 Å². The lowest BCUT2D eigenvalue weighted by atomic mass is 10.1. The quantitative estimate of drug-likeness (QED) is 0.793. The summed E-state index contributed by atoms with van der Waals surface area (Å²) in [6.45, 7) is 2.56. The number of hydrogen-bond donors (Lipinski definition) is 1. The molecule has 0 bridgehead atoms. The van der Waals surface area contributed by atoms with E-state index in [9.17, 15) is 18.0 Å². The summed E-state index contributed by atoms with van der Waals surface area (Å²) in [5, 5.41) is 0.568. The Kier molecular flexibility index (Phi) is 3.91. The number of nitrogens with zero attached hydrogens (tertiary/aromatic N) is 2. The summed E-state index contributed by atoms with van der Waals surface area (Å²) in [4.78, 5) is 16.8. The van der Waals surface area contributed by atoms with Gasteiger partial charge < -0.3 is 14.5 Å². The summed E-state index contributed by atoms with van der Waals surface area (Å²) < 4.78 is 42.2. The molecule has 128 valence electrons. The van der Waals surface area contributed by atoms with Crippen molar-refractivity contribution in [1.29, 1.82) is 0 Å². The zero-order valence-electron chi connectivity index (χ0n) is 13.6. The van der Waals surface area contributed by atoms with Crippen LogP contribution in [-0.4, -0.2) is 35.1 Å². The maximum Gasteiger partial charge on any atom is 0.417 e. The number of fused-ring (bicyclic) bond motifs is 3. The Morgan fingerprint density at radius 2 is 1.96 bits per heavy atom. The number of halogens is 3. The molecule has 4 nitrogen and oxygen atoms in total. The van der Waals surface area contributed by atoms with Gasteiger partial charge in [0.2, 0.25) is 0 Å². The van der Waals surface area contributed by atoms with E-state index >= 15 is 0 Å². The number of H-pyrrole nitrogens is 1. The number of nitrogens with one attached hydrogen (secondary N) is 1. The molecule has 2 aromatic heterocycles. The molecule has 3 rings (SSSR count). The van der Waals surface area contributed by atoms with Crippen molar-refractivity contribution in [1.82, 2.24) is 14.5 Å². The Hall–Kier alpha value is -2.28. The molecule has 0 amide bonds. The Balaban J connectivity index is 2.47. The van der Waals surface area contributed by atoms with Crippen LogP contribution >= 0.6 is 0 Å². The van der Waals surface area contributed by atoms with Gasteiger partial charge in [0.05, 0.1) is 16.6 Å². The van der Waals surface area contributed by atoms with Crippen molar-refractivity contribution in [2.45, 2.75) is 19.1 Å². The molecule has 7 heteroatoms. The fourth-order valence-corrected chi connectivity index (χ4v) is 3.34. The third-order valence-electron chi connectivity index (χ3n) is 4.10. The van der Waals surface area contributed by atoms with E-state index in [2.05, 4.69) is 4.98 Å². The first kappa shape index (κ1) is 16.6. The number of alkyl halides is 3. The first-order chi connectivity index (χ1) is 11.2. The average molecular weight is 337 g/mol. The number of hydrogen-bond acceptors (Lipinski definition) is 2. The SMILES string of the molecule is CC(CN(C)C)n1c2c[nH]ccc2c2c(C(F)(F)F)cc(=O)cc21. The summed E-state index contributed by atoms with van der Waals surface area (Å²) in [5.74, 6) is 0. The molecule has 0 aliphatic heterocycles. The van der Waals surface area contributed by atoms with Gasteiger partial charge in [0.1, 0.15) is 0 Å². The predicted molar refractivity (Wildman–Crippen MR) is 88.3 cm³/mol. The smallest absolute Gasteiger partial charge is 0.366 e. The Morgan fingerprint density at radius 3 is 2.58 bits per heavy atom. The minimum atomic E-state index is -4.58. The van der Waals surface area contributed by atoms with Gasteiger partial charge in [-0.2, -0.15) is 13.2 Å². The van der Waals surface area contributed by atoms with Gasteiger partial charge in [-0.1, -0.05) is 0 Å². The van der Waals surface area contributed by atoms with Crippen LogP contribution < -0.4 is 5.43 Å². The standard InChI is InChI=1S/C17H18F3N3O/c1-10(9-22(2)3)23-14-7-11(24)6-13(17(18,19)20)16(14)12-4-5-21-8-15(12)23/h4-8,10,21H,9H2,1-3H3. The van der Waals surface area contributed by atoms with Gasteiger partial charge in [-0.05, 0) is 33.2 Å². The number of aromatic nitrogens is 2. The van der Waals surface area contributed by atoms with Gasteiger partial charge in [-0.25, -0.2) is 0 Å². The first-order valence-corrected chi connectivity index (χ1v) is 7.57. The summed E-state index contributed by atoms with van der Waals surface area (Å²) in [6, 6.07) is 3.49. The lowest BCUT2D eigenvalue weighted by Gasteiger charge is -2.20. The van der Waals surface area contributed by atoms with Crippen molar-refractivity contribution in [3.63, 3.8) is 0 Å². The van der Waals surface area contributed by atoms with E-state index < -0.39 is 17.2 Å². The Bertz CT molecular complexity index is 953. The number of pyridine rings is 1. The van der Waals surface area contributed by atoms with Gasteiger partial charge in [0, 0.05) is 41.8 Å². The minimum absolute atomic E-state index is 0.0803. The molecule has 1 N–H and O–H groups in total. The molecule has 0 radical (unpaired) electrons. The van der Waals surface area contributed by atoms with E-state index in [1.165, 1.54) is 6.07 Å². The van der Waals surface area contributed by atoms with Gasteiger partial charge in [0.25, 0.3) is 0 Å². The third kappa shape index (κ3) is 2.69. The van der Waals surface area contributed by atoms with Gasteiger partial charge >= 0.3 is 6.18 Å². The second-order valence-corrected chi connectivity index (χ2v) is 6.29. The molecule has 24 heavy (non-hydrogen) atoms. The summed E-state index contributed by atoms with van der Waals surface area (Å²) in [5.41, 5.74) is -0.548. The molecule has 0 fully saturated rings. The molecular formula is C17H18F3N3O. The van der Waals surface area contributed by atoms with Crippen LogP contribution in [0, 0.1) is 0 Å². The van der Waals surface area contributed by atoms with Crippen LogP contribution in [0.25, 0.3) is 21.8 Å².